The minimum Gasteiger partial charge on any atom is -0.359 e. The van der Waals surface area contributed by atoms with Crippen LogP contribution in [0.25, 0.3) is 0 Å². The number of hydrogen-bond acceptors (Lipinski definition) is 4. The number of hydrogen-bond donors (Lipinski definition) is 2. The summed E-state index contributed by atoms with van der Waals surface area (Å²) in [4.78, 5) is 18.6. The number of carbonyl (C=O) groups excluding carboxylic acids is 1. The van der Waals surface area contributed by atoms with Crippen molar-refractivity contribution in [1.82, 2.24) is 4.98 Å². The van der Waals surface area contributed by atoms with E-state index in [0.29, 0.717) is 5.56 Å². The van der Waals surface area contributed by atoms with Crippen molar-refractivity contribution < 1.29 is 4.79 Å². The van der Waals surface area contributed by atoms with Gasteiger partial charge in [0.25, 0.3) is 5.91 Å². The standard InChI is InChI=1S/C26H25N3OS/c1-17-12-14-20(15-13-17)24(28-22-11-7-8-16-27-22)23-18(2)19(3)31-26(23)29-25(30)21-9-5-4-6-10-21/h4-16,24H,1-3H3,(H,27,28)(H,29,30)/t24-/m0/s1. The average molecular weight is 428 g/mol. The lowest BCUT2D eigenvalue weighted by Crippen LogP contribution is -2.18. The van der Waals surface area contributed by atoms with E-state index in [4.69, 9.17) is 0 Å². The van der Waals surface area contributed by atoms with Crippen LogP contribution in [0.3, 0.4) is 0 Å². The third-order valence-electron chi connectivity index (χ3n) is 5.35. The van der Waals surface area contributed by atoms with Gasteiger partial charge in [0.05, 0.1) is 6.04 Å². The van der Waals surface area contributed by atoms with Crippen LogP contribution in [0.2, 0.25) is 0 Å². The Morgan fingerprint density at radius 1 is 0.903 bits per heavy atom. The van der Waals surface area contributed by atoms with Crippen molar-refractivity contribution >= 4 is 28.1 Å². The minimum atomic E-state index is -0.147. The number of thiophene rings is 1. The lowest BCUT2D eigenvalue weighted by molar-refractivity contribution is 0.102. The molecule has 2 heterocycles. The molecule has 156 valence electrons. The molecule has 0 saturated carbocycles. The van der Waals surface area contributed by atoms with Gasteiger partial charge in [-0.2, -0.15) is 0 Å². The Balaban J connectivity index is 1.77. The second kappa shape index (κ2) is 9.14. The van der Waals surface area contributed by atoms with Crippen LogP contribution in [-0.2, 0) is 0 Å². The second-order valence-electron chi connectivity index (χ2n) is 7.55. The maximum atomic E-state index is 12.9. The van der Waals surface area contributed by atoms with Gasteiger partial charge in [0.1, 0.15) is 10.8 Å². The molecule has 0 bridgehead atoms. The van der Waals surface area contributed by atoms with E-state index < -0.39 is 0 Å². The van der Waals surface area contributed by atoms with E-state index in [1.54, 1.807) is 17.5 Å². The molecule has 1 amide bonds. The molecule has 0 fully saturated rings. The minimum absolute atomic E-state index is 0.108. The average Bonchev–Trinajstić information content (AvgIpc) is 3.07. The molecule has 0 spiro atoms. The summed E-state index contributed by atoms with van der Waals surface area (Å²) in [6.07, 6.45) is 1.78. The molecule has 1 atom stereocenters. The van der Waals surface area contributed by atoms with Gasteiger partial charge in [-0.3, -0.25) is 4.79 Å². The van der Waals surface area contributed by atoms with Crippen LogP contribution >= 0.6 is 11.3 Å². The number of amides is 1. The summed E-state index contributed by atoms with van der Waals surface area (Å²) in [6, 6.07) is 23.5. The van der Waals surface area contributed by atoms with E-state index >= 15 is 0 Å². The molecule has 0 radical (unpaired) electrons. The van der Waals surface area contributed by atoms with Gasteiger partial charge < -0.3 is 10.6 Å². The van der Waals surface area contributed by atoms with E-state index in [2.05, 4.69) is 60.7 Å². The van der Waals surface area contributed by atoms with E-state index in [1.807, 2.05) is 48.5 Å². The van der Waals surface area contributed by atoms with Crippen molar-refractivity contribution in [1.29, 1.82) is 0 Å². The number of aryl methyl sites for hydroxylation is 2. The predicted octanol–water partition coefficient (Wildman–Crippen LogP) is 6.52. The van der Waals surface area contributed by atoms with Gasteiger partial charge in [-0.1, -0.05) is 54.1 Å². The fourth-order valence-corrected chi connectivity index (χ4v) is 4.62. The van der Waals surface area contributed by atoms with Crippen molar-refractivity contribution in [2.24, 2.45) is 0 Å². The summed E-state index contributed by atoms with van der Waals surface area (Å²) >= 11 is 1.61. The van der Waals surface area contributed by atoms with Gasteiger partial charge >= 0.3 is 0 Å². The molecule has 31 heavy (non-hydrogen) atoms. The zero-order valence-corrected chi connectivity index (χ0v) is 18.7. The second-order valence-corrected chi connectivity index (χ2v) is 8.77. The molecule has 0 saturated heterocycles. The van der Waals surface area contributed by atoms with Crippen LogP contribution in [0.5, 0.6) is 0 Å². The van der Waals surface area contributed by atoms with Crippen molar-refractivity contribution in [3.05, 3.63) is 112 Å². The number of anilines is 2. The Bertz CT molecular complexity index is 1170. The molecule has 4 nitrogen and oxygen atoms in total. The van der Waals surface area contributed by atoms with Gasteiger partial charge in [-0.25, -0.2) is 4.98 Å². The highest BCUT2D eigenvalue weighted by Gasteiger charge is 2.25. The third kappa shape index (κ3) is 4.67. The van der Waals surface area contributed by atoms with E-state index in [-0.39, 0.29) is 11.9 Å². The highest BCUT2D eigenvalue weighted by molar-refractivity contribution is 7.16. The number of benzene rings is 2. The molecule has 0 aliphatic carbocycles. The summed E-state index contributed by atoms with van der Waals surface area (Å²) in [5.41, 5.74) is 5.20. The van der Waals surface area contributed by atoms with Gasteiger partial charge in [-0.05, 0) is 56.2 Å². The molecule has 4 aromatic rings. The molecule has 4 rings (SSSR count). The zero-order chi connectivity index (χ0) is 21.8. The van der Waals surface area contributed by atoms with Crippen LogP contribution in [0.15, 0.2) is 79.0 Å². The van der Waals surface area contributed by atoms with Crippen molar-refractivity contribution in [3.8, 4) is 0 Å². The largest absolute Gasteiger partial charge is 0.359 e. The Labute approximate surface area is 187 Å². The number of aromatic nitrogens is 1. The van der Waals surface area contributed by atoms with Crippen molar-refractivity contribution in [3.63, 3.8) is 0 Å². The van der Waals surface area contributed by atoms with Gasteiger partial charge in [-0.15, -0.1) is 11.3 Å². The summed E-state index contributed by atoms with van der Waals surface area (Å²) in [5.74, 6) is 0.681. The topological polar surface area (TPSA) is 54.0 Å². The molecule has 2 N–H and O–H groups in total. The Kier molecular flexibility index (Phi) is 6.14. The first-order valence-corrected chi connectivity index (χ1v) is 11.0. The normalized spacial score (nSPS) is 11.7. The first-order chi connectivity index (χ1) is 15.0. The summed E-state index contributed by atoms with van der Waals surface area (Å²) in [6.45, 7) is 6.28. The predicted molar refractivity (Wildman–Crippen MR) is 129 cm³/mol. The van der Waals surface area contributed by atoms with Gasteiger partial charge in [0.15, 0.2) is 0 Å². The van der Waals surface area contributed by atoms with Crippen LogP contribution < -0.4 is 10.6 Å². The molecule has 5 heteroatoms. The molecule has 2 aromatic heterocycles. The first kappa shape index (κ1) is 20.8. The summed E-state index contributed by atoms with van der Waals surface area (Å²) in [7, 11) is 0. The van der Waals surface area contributed by atoms with Crippen LogP contribution in [0.4, 0.5) is 10.8 Å². The van der Waals surface area contributed by atoms with E-state index in [9.17, 15) is 4.79 Å². The number of carbonyl (C=O) groups is 1. The fraction of sp³-hybridized carbons (Fsp3) is 0.154. The van der Waals surface area contributed by atoms with Gasteiger partial charge in [0, 0.05) is 22.2 Å². The Morgan fingerprint density at radius 3 is 2.29 bits per heavy atom. The first-order valence-electron chi connectivity index (χ1n) is 10.2. The molecular weight excluding hydrogens is 402 g/mol. The van der Waals surface area contributed by atoms with Crippen molar-refractivity contribution in [2.75, 3.05) is 10.6 Å². The maximum absolute atomic E-state index is 12.9. The molecular formula is C26H25N3OS. The quantitative estimate of drug-likeness (QED) is 0.368. The lowest BCUT2D eigenvalue weighted by Gasteiger charge is -2.22. The summed E-state index contributed by atoms with van der Waals surface area (Å²) in [5, 5.41) is 7.60. The van der Waals surface area contributed by atoms with Crippen LogP contribution in [0.1, 0.15) is 43.5 Å². The highest BCUT2D eigenvalue weighted by atomic mass is 32.1. The molecule has 0 aliphatic heterocycles. The molecule has 0 unspecified atom stereocenters. The lowest BCUT2D eigenvalue weighted by atomic mass is 9.95. The number of nitrogens with zero attached hydrogens (tertiary/aromatic N) is 1. The molecule has 0 aliphatic rings. The maximum Gasteiger partial charge on any atom is 0.256 e. The molecule has 2 aromatic carbocycles. The smallest absolute Gasteiger partial charge is 0.256 e. The van der Waals surface area contributed by atoms with Crippen LogP contribution in [0, 0.1) is 20.8 Å². The Morgan fingerprint density at radius 2 is 1.61 bits per heavy atom. The Hall–Kier alpha value is -3.44. The van der Waals surface area contributed by atoms with E-state index in [1.165, 1.54) is 16.0 Å². The van der Waals surface area contributed by atoms with E-state index in [0.717, 1.165) is 21.9 Å². The number of nitrogens with one attached hydrogen (secondary N) is 2. The number of rotatable bonds is 6. The third-order valence-corrected chi connectivity index (χ3v) is 6.49. The van der Waals surface area contributed by atoms with Crippen molar-refractivity contribution in [2.45, 2.75) is 26.8 Å². The SMILES string of the molecule is Cc1ccc([C@H](Nc2ccccn2)c2c(NC(=O)c3ccccc3)sc(C)c2C)cc1. The van der Waals surface area contributed by atoms with Gasteiger partial charge in [0.2, 0.25) is 0 Å². The summed E-state index contributed by atoms with van der Waals surface area (Å²) < 4.78 is 0. The monoisotopic (exact) mass is 427 g/mol. The zero-order valence-electron chi connectivity index (χ0n) is 17.8. The van der Waals surface area contributed by atoms with Crippen LogP contribution in [-0.4, -0.2) is 10.9 Å². The highest BCUT2D eigenvalue weighted by Crippen LogP contribution is 2.41. The number of pyridine rings is 1. The fourth-order valence-electron chi connectivity index (χ4n) is 3.53.